The third-order valence-electron chi connectivity index (χ3n) is 6.76. The molecule has 1 unspecified atom stereocenters. The minimum absolute atomic E-state index is 0.323. The lowest BCUT2D eigenvalue weighted by molar-refractivity contribution is -0.929. The fourth-order valence-electron chi connectivity index (χ4n) is 5.09. The number of ether oxygens (including phenoxy) is 1. The molecule has 2 fully saturated rings. The molecule has 1 saturated heterocycles. The number of para-hydroxylation sites is 2. The number of amides is 1. The molecule has 1 amide bonds. The first-order valence-corrected chi connectivity index (χ1v) is 11.7. The number of quaternary nitrogens is 1. The molecule has 1 saturated carbocycles. The van der Waals surface area contributed by atoms with E-state index in [1.165, 1.54) is 23.3 Å². The number of rotatable bonds is 5. The van der Waals surface area contributed by atoms with Crippen LogP contribution in [0.2, 0.25) is 0 Å². The van der Waals surface area contributed by atoms with Gasteiger partial charge in [-0.3, -0.25) is 4.79 Å². The molecule has 0 bridgehead atoms. The zero-order valence-electron chi connectivity index (χ0n) is 17.1. The van der Waals surface area contributed by atoms with E-state index in [0.29, 0.717) is 18.5 Å². The fraction of sp³-hybridized carbons (Fsp3) is 0.522. The van der Waals surface area contributed by atoms with Crippen LogP contribution in [-0.2, 0) is 11.2 Å². The summed E-state index contributed by atoms with van der Waals surface area (Å²) in [5.41, 5.74) is 2.66. The summed E-state index contributed by atoms with van der Waals surface area (Å²) < 4.78 is 5.51. The van der Waals surface area contributed by atoms with Crippen molar-refractivity contribution in [3.8, 4) is 5.75 Å². The maximum Gasteiger partial charge on any atom is 0.277 e. The number of hydrogen-bond acceptors (Lipinski definition) is 4. The maximum atomic E-state index is 13.1. The van der Waals surface area contributed by atoms with Crippen LogP contribution >= 0.6 is 11.3 Å². The summed E-state index contributed by atoms with van der Waals surface area (Å²) in [5.74, 6) is 2.02. The van der Waals surface area contributed by atoms with Crippen LogP contribution in [0.25, 0.3) is 0 Å². The van der Waals surface area contributed by atoms with Crippen molar-refractivity contribution in [1.82, 2.24) is 4.90 Å². The van der Waals surface area contributed by atoms with E-state index in [2.05, 4.69) is 27.3 Å². The van der Waals surface area contributed by atoms with E-state index in [4.69, 9.17) is 4.74 Å². The number of piperazine rings is 1. The molecule has 5 nitrogen and oxygen atoms in total. The van der Waals surface area contributed by atoms with Gasteiger partial charge in [0.05, 0.1) is 19.3 Å². The number of methoxy groups -OCH3 is 1. The third kappa shape index (κ3) is 3.76. The highest BCUT2D eigenvalue weighted by Gasteiger charge is 2.44. The Kier molecular flexibility index (Phi) is 5.22. The van der Waals surface area contributed by atoms with Crippen molar-refractivity contribution in [3.63, 3.8) is 0 Å². The monoisotopic (exact) mass is 412 g/mol. The largest absolute Gasteiger partial charge is 0.495 e. The number of carbonyl (C=O) groups excluding carboxylic acids is 1. The number of fused-ring (bicyclic) bond motifs is 1. The molecule has 2 aliphatic heterocycles. The molecule has 0 spiro atoms. The van der Waals surface area contributed by atoms with E-state index in [1.54, 1.807) is 12.0 Å². The summed E-state index contributed by atoms with van der Waals surface area (Å²) in [5, 5.41) is 2.24. The number of nitrogens with zero attached hydrogens (tertiary/aromatic N) is 2. The Hall–Kier alpha value is -2.05. The normalized spacial score (nSPS) is 24.3. The highest BCUT2D eigenvalue weighted by Crippen LogP contribution is 2.42. The molecule has 3 aliphatic rings. The Morgan fingerprint density at radius 1 is 1.17 bits per heavy atom. The Bertz CT molecular complexity index is 871. The van der Waals surface area contributed by atoms with Crippen LogP contribution in [0.3, 0.4) is 0 Å². The summed E-state index contributed by atoms with van der Waals surface area (Å²) in [6.45, 7) is 5.06. The van der Waals surface area contributed by atoms with Crippen LogP contribution in [0.5, 0.6) is 5.75 Å². The maximum absolute atomic E-state index is 13.1. The lowest BCUT2D eigenvalue weighted by Gasteiger charge is -2.38. The van der Waals surface area contributed by atoms with Gasteiger partial charge in [-0.05, 0) is 36.4 Å². The third-order valence-corrected chi connectivity index (χ3v) is 7.75. The van der Waals surface area contributed by atoms with Crippen molar-refractivity contribution in [2.24, 2.45) is 5.92 Å². The second-order valence-electron chi connectivity index (χ2n) is 8.49. The molecule has 1 N–H and O–H groups in total. The van der Waals surface area contributed by atoms with Crippen molar-refractivity contribution in [2.75, 3.05) is 51.3 Å². The van der Waals surface area contributed by atoms with Gasteiger partial charge in [0.2, 0.25) is 0 Å². The lowest BCUT2D eigenvalue weighted by Crippen LogP contribution is -3.14. The SMILES string of the molecule is COc1ccccc1N1CCN(C(=O)C[NH+]2CCc3sccc3[C@@H]2C2CC2)CC1. The quantitative estimate of drug-likeness (QED) is 0.816. The molecule has 29 heavy (non-hydrogen) atoms. The summed E-state index contributed by atoms with van der Waals surface area (Å²) >= 11 is 1.90. The number of carbonyl (C=O) groups is 1. The molecule has 1 aromatic heterocycles. The number of anilines is 1. The molecule has 2 atom stereocenters. The minimum Gasteiger partial charge on any atom is -0.495 e. The average molecular weight is 413 g/mol. The van der Waals surface area contributed by atoms with Crippen molar-refractivity contribution in [3.05, 3.63) is 46.2 Å². The van der Waals surface area contributed by atoms with Gasteiger partial charge < -0.3 is 19.4 Å². The van der Waals surface area contributed by atoms with Gasteiger partial charge in [0, 0.05) is 49.0 Å². The van der Waals surface area contributed by atoms with Crippen LogP contribution in [0.15, 0.2) is 35.7 Å². The molecule has 1 aliphatic carbocycles. The molecule has 154 valence electrons. The molecular formula is C23H30N3O2S+. The van der Waals surface area contributed by atoms with Gasteiger partial charge in [0.25, 0.3) is 5.91 Å². The first-order chi connectivity index (χ1) is 14.2. The highest BCUT2D eigenvalue weighted by atomic mass is 32.1. The van der Waals surface area contributed by atoms with E-state index in [0.717, 1.165) is 56.5 Å². The van der Waals surface area contributed by atoms with Crippen LogP contribution < -0.4 is 14.5 Å². The van der Waals surface area contributed by atoms with E-state index in [-0.39, 0.29) is 0 Å². The topological polar surface area (TPSA) is 37.2 Å². The van der Waals surface area contributed by atoms with E-state index < -0.39 is 0 Å². The summed E-state index contributed by atoms with van der Waals surface area (Å²) in [7, 11) is 1.72. The standard InChI is InChI=1S/C23H29N3O2S/c1-28-20-5-3-2-4-19(20)24-11-13-25(14-12-24)22(27)16-26-10-8-21-18(9-15-29-21)23(26)17-6-7-17/h2-5,9,15,17,23H,6-8,10-14,16H2,1H3/p+1/t23-/m0/s1. The number of thiophene rings is 1. The van der Waals surface area contributed by atoms with Gasteiger partial charge in [-0.2, -0.15) is 0 Å². The molecular weight excluding hydrogens is 382 g/mol. The van der Waals surface area contributed by atoms with E-state index in [9.17, 15) is 4.79 Å². The zero-order chi connectivity index (χ0) is 19.8. The predicted molar refractivity (Wildman–Crippen MR) is 116 cm³/mol. The van der Waals surface area contributed by atoms with Crippen molar-refractivity contribution in [1.29, 1.82) is 0 Å². The van der Waals surface area contributed by atoms with E-state index >= 15 is 0 Å². The van der Waals surface area contributed by atoms with Gasteiger partial charge in [0.1, 0.15) is 11.8 Å². The Morgan fingerprint density at radius 3 is 2.72 bits per heavy atom. The number of hydrogen-bond donors (Lipinski definition) is 1. The van der Waals surface area contributed by atoms with Crippen molar-refractivity contribution < 1.29 is 14.4 Å². The molecule has 3 heterocycles. The van der Waals surface area contributed by atoms with Gasteiger partial charge in [0.15, 0.2) is 6.54 Å². The van der Waals surface area contributed by atoms with Crippen molar-refractivity contribution in [2.45, 2.75) is 25.3 Å². The summed E-state index contributed by atoms with van der Waals surface area (Å²) in [6, 6.07) is 11.0. The van der Waals surface area contributed by atoms with Crippen LogP contribution in [-0.4, -0.2) is 57.2 Å². The molecule has 5 rings (SSSR count). The first kappa shape index (κ1) is 18.9. The second-order valence-corrected chi connectivity index (χ2v) is 9.49. The Balaban J connectivity index is 1.21. The van der Waals surface area contributed by atoms with Crippen LogP contribution in [0.4, 0.5) is 5.69 Å². The van der Waals surface area contributed by atoms with Gasteiger partial charge in [-0.1, -0.05) is 12.1 Å². The van der Waals surface area contributed by atoms with Gasteiger partial charge in [-0.15, -0.1) is 11.3 Å². The molecule has 1 aromatic carbocycles. The van der Waals surface area contributed by atoms with Gasteiger partial charge in [-0.25, -0.2) is 0 Å². The van der Waals surface area contributed by atoms with Crippen LogP contribution in [0, 0.1) is 5.92 Å². The van der Waals surface area contributed by atoms with E-state index in [1.807, 2.05) is 29.5 Å². The predicted octanol–water partition coefficient (Wildman–Crippen LogP) is 2.00. The Morgan fingerprint density at radius 2 is 1.97 bits per heavy atom. The second kappa shape index (κ2) is 8.00. The summed E-state index contributed by atoms with van der Waals surface area (Å²) in [4.78, 5) is 20.6. The zero-order valence-corrected chi connectivity index (χ0v) is 17.9. The molecule has 2 aromatic rings. The average Bonchev–Trinajstić information content (AvgIpc) is 3.49. The molecule has 6 heteroatoms. The van der Waals surface area contributed by atoms with Crippen molar-refractivity contribution >= 4 is 22.9 Å². The Labute approximate surface area is 176 Å². The minimum atomic E-state index is 0.323. The summed E-state index contributed by atoms with van der Waals surface area (Å²) in [6.07, 6.45) is 3.78. The molecule has 0 radical (unpaired) electrons. The smallest absolute Gasteiger partial charge is 0.277 e. The van der Waals surface area contributed by atoms with Crippen LogP contribution in [0.1, 0.15) is 29.3 Å². The first-order valence-electron chi connectivity index (χ1n) is 10.8. The number of nitrogens with one attached hydrogen (secondary N) is 1. The fourth-order valence-corrected chi connectivity index (χ4v) is 6.02. The lowest BCUT2D eigenvalue weighted by atomic mass is 9.96. The van der Waals surface area contributed by atoms with Gasteiger partial charge >= 0.3 is 0 Å². The highest BCUT2D eigenvalue weighted by molar-refractivity contribution is 7.10. The number of benzene rings is 1.